The van der Waals surface area contributed by atoms with E-state index in [1.54, 1.807) is 13.0 Å². The van der Waals surface area contributed by atoms with Crippen molar-refractivity contribution >= 4 is 11.6 Å². The maximum Gasteiger partial charge on any atom is 0.155 e. The molecule has 1 aliphatic rings. The molecule has 0 spiro atoms. The highest BCUT2D eigenvalue weighted by Crippen LogP contribution is 2.29. The van der Waals surface area contributed by atoms with Gasteiger partial charge in [-0.15, -0.1) is 0 Å². The maximum absolute atomic E-state index is 11.1. The number of allylic oxidation sites excluding steroid dienone is 2. The lowest BCUT2D eigenvalue weighted by Crippen LogP contribution is -2.26. The normalized spacial score (nSPS) is 30.5. The molecule has 0 aromatic carbocycles. The van der Waals surface area contributed by atoms with Gasteiger partial charge < -0.3 is 0 Å². The minimum absolute atomic E-state index is 0.128. The molecular formula is C9H12O2. The molecule has 2 nitrogen and oxygen atoms in total. The smallest absolute Gasteiger partial charge is 0.155 e. The lowest BCUT2D eigenvalue weighted by atomic mass is 9.78. The molecule has 0 aromatic heterocycles. The number of carbonyl (C=O) groups excluding carboxylic acids is 2. The van der Waals surface area contributed by atoms with Crippen molar-refractivity contribution in [2.75, 3.05) is 0 Å². The Morgan fingerprint density at radius 2 is 2.27 bits per heavy atom. The molecule has 0 fully saturated rings. The summed E-state index contributed by atoms with van der Waals surface area (Å²) in [5.41, 5.74) is -0.381. The average molecular weight is 152 g/mol. The van der Waals surface area contributed by atoms with Crippen LogP contribution in [0.1, 0.15) is 26.7 Å². The van der Waals surface area contributed by atoms with Crippen LogP contribution in [0.3, 0.4) is 0 Å². The number of hydrogen-bond acceptors (Lipinski definition) is 2. The quantitative estimate of drug-likeness (QED) is 0.570. The Morgan fingerprint density at radius 3 is 2.64 bits per heavy atom. The second-order valence-electron chi connectivity index (χ2n) is 3.27. The van der Waals surface area contributed by atoms with Gasteiger partial charge in [-0.1, -0.05) is 6.08 Å². The Bertz CT molecular complexity index is 228. The van der Waals surface area contributed by atoms with Crippen LogP contribution in [0.5, 0.6) is 0 Å². The SMILES string of the molecule is CC(=O)C1(C)C=CC(=O)CC1. The van der Waals surface area contributed by atoms with Gasteiger partial charge >= 0.3 is 0 Å². The summed E-state index contributed by atoms with van der Waals surface area (Å²) in [4.78, 5) is 21.8. The van der Waals surface area contributed by atoms with Crippen molar-refractivity contribution in [2.24, 2.45) is 5.41 Å². The van der Waals surface area contributed by atoms with Crippen LogP contribution in [0.4, 0.5) is 0 Å². The molecule has 0 saturated carbocycles. The molecule has 1 aliphatic carbocycles. The Balaban J connectivity index is 2.84. The van der Waals surface area contributed by atoms with E-state index >= 15 is 0 Å². The molecule has 0 bridgehead atoms. The summed E-state index contributed by atoms with van der Waals surface area (Å²) in [5.74, 6) is 0.268. The number of ketones is 2. The molecule has 60 valence electrons. The zero-order chi connectivity index (χ0) is 8.48. The van der Waals surface area contributed by atoms with Crippen molar-refractivity contribution in [2.45, 2.75) is 26.7 Å². The highest BCUT2D eigenvalue weighted by Gasteiger charge is 2.29. The van der Waals surface area contributed by atoms with Crippen molar-refractivity contribution < 1.29 is 9.59 Å². The maximum atomic E-state index is 11.1. The van der Waals surface area contributed by atoms with Crippen molar-refractivity contribution in [3.63, 3.8) is 0 Å². The molecule has 2 heteroatoms. The zero-order valence-electron chi connectivity index (χ0n) is 6.89. The van der Waals surface area contributed by atoms with Gasteiger partial charge in [0, 0.05) is 11.8 Å². The van der Waals surface area contributed by atoms with Gasteiger partial charge in [-0.3, -0.25) is 9.59 Å². The first kappa shape index (κ1) is 8.18. The molecular weight excluding hydrogens is 140 g/mol. The number of Topliss-reactive ketones (excluding diaryl/α,β-unsaturated/α-hetero) is 1. The third-order valence-electron chi connectivity index (χ3n) is 2.33. The van der Waals surface area contributed by atoms with Crippen LogP contribution in [0.2, 0.25) is 0 Å². The van der Waals surface area contributed by atoms with E-state index in [9.17, 15) is 9.59 Å². The van der Waals surface area contributed by atoms with Gasteiger partial charge in [0.15, 0.2) is 5.78 Å². The van der Waals surface area contributed by atoms with E-state index in [0.717, 1.165) is 0 Å². The molecule has 0 saturated heterocycles. The Kier molecular flexibility index (Phi) is 1.94. The molecule has 0 radical (unpaired) electrons. The van der Waals surface area contributed by atoms with E-state index in [4.69, 9.17) is 0 Å². The van der Waals surface area contributed by atoms with Gasteiger partial charge in [0.05, 0.1) is 0 Å². The third-order valence-corrected chi connectivity index (χ3v) is 2.33. The molecule has 0 aromatic rings. The summed E-state index contributed by atoms with van der Waals surface area (Å²) in [5, 5.41) is 0. The molecule has 1 rings (SSSR count). The summed E-state index contributed by atoms with van der Waals surface area (Å²) >= 11 is 0. The average Bonchev–Trinajstić information content (AvgIpc) is 1.95. The molecule has 0 aliphatic heterocycles. The zero-order valence-corrected chi connectivity index (χ0v) is 6.89. The van der Waals surface area contributed by atoms with E-state index in [-0.39, 0.29) is 17.0 Å². The van der Waals surface area contributed by atoms with E-state index in [1.807, 2.05) is 6.92 Å². The van der Waals surface area contributed by atoms with Crippen LogP contribution in [-0.4, -0.2) is 11.6 Å². The van der Waals surface area contributed by atoms with Crippen LogP contribution < -0.4 is 0 Å². The van der Waals surface area contributed by atoms with Gasteiger partial charge in [-0.25, -0.2) is 0 Å². The van der Waals surface area contributed by atoms with Gasteiger partial charge in [0.2, 0.25) is 0 Å². The van der Waals surface area contributed by atoms with Gasteiger partial charge in [-0.05, 0) is 26.3 Å². The minimum Gasteiger partial charge on any atom is -0.299 e. The number of hydrogen-bond donors (Lipinski definition) is 0. The van der Waals surface area contributed by atoms with Crippen LogP contribution in [0.15, 0.2) is 12.2 Å². The summed E-state index contributed by atoms with van der Waals surface area (Å²) in [7, 11) is 0. The van der Waals surface area contributed by atoms with Crippen molar-refractivity contribution in [1.29, 1.82) is 0 Å². The van der Waals surface area contributed by atoms with E-state index in [0.29, 0.717) is 12.8 Å². The first-order chi connectivity index (χ1) is 5.04. The Morgan fingerprint density at radius 1 is 1.64 bits per heavy atom. The Labute approximate surface area is 66.3 Å². The molecule has 0 amide bonds. The molecule has 0 heterocycles. The topological polar surface area (TPSA) is 34.1 Å². The van der Waals surface area contributed by atoms with E-state index in [1.165, 1.54) is 6.08 Å². The molecule has 11 heavy (non-hydrogen) atoms. The summed E-state index contributed by atoms with van der Waals surface area (Å²) in [6.07, 6.45) is 4.41. The standard InChI is InChI=1S/C9H12O2/c1-7(10)9(2)5-3-8(11)4-6-9/h3,5H,4,6H2,1-2H3. The van der Waals surface area contributed by atoms with Crippen molar-refractivity contribution in [3.8, 4) is 0 Å². The molecule has 0 N–H and O–H groups in total. The highest BCUT2D eigenvalue weighted by molar-refractivity contribution is 5.94. The Hall–Kier alpha value is -0.920. The van der Waals surface area contributed by atoms with Gasteiger partial charge in [-0.2, -0.15) is 0 Å². The fraction of sp³-hybridized carbons (Fsp3) is 0.556. The first-order valence-corrected chi connectivity index (χ1v) is 3.78. The fourth-order valence-electron chi connectivity index (χ4n) is 1.12. The van der Waals surface area contributed by atoms with Gasteiger partial charge in [0.25, 0.3) is 0 Å². The minimum atomic E-state index is -0.381. The largest absolute Gasteiger partial charge is 0.299 e. The number of rotatable bonds is 1. The fourth-order valence-corrected chi connectivity index (χ4v) is 1.12. The van der Waals surface area contributed by atoms with Crippen molar-refractivity contribution in [3.05, 3.63) is 12.2 Å². The van der Waals surface area contributed by atoms with Crippen LogP contribution >= 0.6 is 0 Å². The lowest BCUT2D eigenvalue weighted by Gasteiger charge is -2.24. The second kappa shape index (κ2) is 2.61. The van der Waals surface area contributed by atoms with E-state index in [2.05, 4.69) is 0 Å². The second-order valence-corrected chi connectivity index (χ2v) is 3.27. The van der Waals surface area contributed by atoms with Crippen LogP contribution in [0.25, 0.3) is 0 Å². The highest BCUT2D eigenvalue weighted by atomic mass is 16.1. The monoisotopic (exact) mass is 152 g/mol. The van der Waals surface area contributed by atoms with Crippen LogP contribution in [0, 0.1) is 5.41 Å². The van der Waals surface area contributed by atoms with Crippen molar-refractivity contribution in [1.82, 2.24) is 0 Å². The molecule has 1 unspecified atom stereocenters. The number of carbonyl (C=O) groups is 2. The predicted octanol–water partition coefficient (Wildman–Crippen LogP) is 1.50. The predicted molar refractivity (Wildman–Crippen MR) is 42.2 cm³/mol. The van der Waals surface area contributed by atoms with Crippen LogP contribution in [-0.2, 0) is 9.59 Å². The third kappa shape index (κ3) is 1.56. The summed E-state index contributed by atoms with van der Waals surface area (Å²) in [6.45, 7) is 3.44. The molecule has 1 atom stereocenters. The summed E-state index contributed by atoms with van der Waals surface area (Å²) < 4.78 is 0. The lowest BCUT2D eigenvalue weighted by molar-refractivity contribution is -0.124. The first-order valence-electron chi connectivity index (χ1n) is 3.78. The summed E-state index contributed by atoms with van der Waals surface area (Å²) in [6, 6.07) is 0. The van der Waals surface area contributed by atoms with Gasteiger partial charge in [0.1, 0.15) is 5.78 Å². The van der Waals surface area contributed by atoms with E-state index < -0.39 is 0 Å².